The molecule has 0 spiro atoms. The van der Waals surface area contributed by atoms with E-state index in [1.54, 1.807) is 6.20 Å². The van der Waals surface area contributed by atoms with Gasteiger partial charge in [-0.2, -0.15) is 5.10 Å². The quantitative estimate of drug-likeness (QED) is 0.851. The van der Waals surface area contributed by atoms with Crippen molar-refractivity contribution in [3.8, 4) is 0 Å². The van der Waals surface area contributed by atoms with E-state index in [9.17, 15) is 4.79 Å². The van der Waals surface area contributed by atoms with E-state index in [0.717, 1.165) is 18.4 Å². The second-order valence-electron chi connectivity index (χ2n) is 4.97. The molecule has 7 heteroatoms. The Morgan fingerprint density at radius 3 is 3.05 bits per heavy atom. The zero-order valence-electron chi connectivity index (χ0n) is 10.9. The number of carbonyl (C=O) groups is 1. The van der Waals surface area contributed by atoms with Crippen LogP contribution in [0.5, 0.6) is 0 Å². The summed E-state index contributed by atoms with van der Waals surface area (Å²) in [5, 5.41) is 10.7. The van der Waals surface area contributed by atoms with Crippen molar-refractivity contribution in [2.24, 2.45) is 0 Å². The van der Waals surface area contributed by atoms with Gasteiger partial charge < -0.3 is 10.2 Å². The zero-order valence-corrected chi connectivity index (χ0v) is 10.9. The number of H-pyrrole nitrogens is 1. The minimum absolute atomic E-state index is 0.130. The fourth-order valence-corrected chi connectivity index (χ4v) is 2.39. The number of aromatic amines is 1. The van der Waals surface area contributed by atoms with Crippen molar-refractivity contribution in [1.82, 2.24) is 25.1 Å². The number of likely N-dealkylation sites (tertiary alicyclic amines) is 1. The molecule has 1 saturated heterocycles. The Kier molecular flexibility index (Phi) is 2.81. The maximum absolute atomic E-state index is 12.2. The second kappa shape index (κ2) is 4.49. The van der Waals surface area contributed by atoms with Crippen LogP contribution >= 0.6 is 0 Å². The van der Waals surface area contributed by atoms with Crippen LogP contribution in [0.2, 0.25) is 0 Å². The van der Waals surface area contributed by atoms with Gasteiger partial charge in [0.2, 0.25) is 5.91 Å². The van der Waals surface area contributed by atoms with Crippen LogP contribution in [0.3, 0.4) is 0 Å². The molecule has 2 aromatic heterocycles. The SMILES string of the molecule is CC(C)N1CC[C@@H](Nc2ncnc3[nH]ncc23)C1=O. The summed E-state index contributed by atoms with van der Waals surface area (Å²) in [5.74, 6) is 0.785. The van der Waals surface area contributed by atoms with Crippen LogP contribution in [-0.4, -0.2) is 49.6 Å². The zero-order chi connectivity index (χ0) is 13.4. The summed E-state index contributed by atoms with van der Waals surface area (Å²) in [4.78, 5) is 22.4. The first-order valence-electron chi connectivity index (χ1n) is 6.38. The molecule has 2 aromatic rings. The van der Waals surface area contributed by atoms with Crippen molar-refractivity contribution in [2.45, 2.75) is 32.4 Å². The lowest BCUT2D eigenvalue weighted by Crippen LogP contribution is -2.37. The molecule has 7 nitrogen and oxygen atoms in total. The van der Waals surface area contributed by atoms with Gasteiger partial charge in [0.1, 0.15) is 18.2 Å². The number of hydrogen-bond acceptors (Lipinski definition) is 5. The van der Waals surface area contributed by atoms with Crippen molar-refractivity contribution < 1.29 is 4.79 Å². The van der Waals surface area contributed by atoms with E-state index in [1.807, 2.05) is 18.7 Å². The Balaban J connectivity index is 1.83. The second-order valence-corrected chi connectivity index (χ2v) is 4.97. The van der Waals surface area contributed by atoms with E-state index in [4.69, 9.17) is 0 Å². The molecule has 0 aliphatic carbocycles. The number of rotatable bonds is 3. The Morgan fingerprint density at radius 2 is 2.32 bits per heavy atom. The maximum Gasteiger partial charge on any atom is 0.245 e. The number of anilines is 1. The minimum atomic E-state index is -0.213. The van der Waals surface area contributed by atoms with Gasteiger partial charge in [0.25, 0.3) is 0 Å². The smallest absolute Gasteiger partial charge is 0.245 e. The van der Waals surface area contributed by atoms with Gasteiger partial charge >= 0.3 is 0 Å². The molecule has 1 atom stereocenters. The van der Waals surface area contributed by atoms with Gasteiger partial charge in [0, 0.05) is 12.6 Å². The molecule has 1 aliphatic heterocycles. The van der Waals surface area contributed by atoms with Crippen molar-refractivity contribution in [3.05, 3.63) is 12.5 Å². The van der Waals surface area contributed by atoms with Gasteiger partial charge in [0.15, 0.2) is 5.65 Å². The molecule has 3 heterocycles. The molecular formula is C12H16N6O. The fourth-order valence-electron chi connectivity index (χ4n) is 2.39. The maximum atomic E-state index is 12.2. The molecule has 2 N–H and O–H groups in total. The summed E-state index contributed by atoms with van der Waals surface area (Å²) in [6.45, 7) is 4.84. The van der Waals surface area contributed by atoms with E-state index in [1.165, 1.54) is 6.33 Å². The first-order chi connectivity index (χ1) is 9.16. The predicted molar refractivity (Wildman–Crippen MR) is 70.6 cm³/mol. The van der Waals surface area contributed by atoms with E-state index < -0.39 is 0 Å². The number of amides is 1. The molecule has 1 aliphatic rings. The lowest BCUT2D eigenvalue weighted by Gasteiger charge is -2.21. The molecule has 3 rings (SSSR count). The van der Waals surface area contributed by atoms with Crippen LogP contribution < -0.4 is 5.32 Å². The monoisotopic (exact) mass is 260 g/mol. The number of aromatic nitrogens is 4. The standard InChI is InChI=1S/C12H16N6O/c1-7(2)18-4-3-9(12(18)19)16-10-8-5-15-17-11(8)14-6-13-10/h5-7,9H,3-4H2,1-2H3,(H2,13,14,15,16,17)/t9-/m1/s1. The Morgan fingerprint density at radius 1 is 1.47 bits per heavy atom. The highest BCUT2D eigenvalue weighted by atomic mass is 16.2. The predicted octanol–water partition coefficient (Wildman–Crippen LogP) is 0.774. The van der Waals surface area contributed by atoms with Crippen LogP contribution in [0.25, 0.3) is 11.0 Å². The average Bonchev–Trinajstić information content (AvgIpc) is 2.97. The summed E-state index contributed by atoms with van der Waals surface area (Å²) in [5.41, 5.74) is 0.670. The van der Waals surface area contributed by atoms with Gasteiger partial charge in [-0.1, -0.05) is 0 Å². The Hall–Kier alpha value is -2.18. The molecular weight excluding hydrogens is 244 g/mol. The third-order valence-corrected chi connectivity index (χ3v) is 3.42. The van der Waals surface area contributed by atoms with Crippen LogP contribution in [0.1, 0.15) is 20.3 Å². The summed E-state index contributed by atoms with van der Waals surface area (Å²) in [6.07, 6.45) is 3.92. The highest BCUT2D eigenvalue weighted by molar-refractivity contribution is 5.91. The number of nitrogens with zero attached hydrogens (tertiary/aromatic N) is 4. The third-order valence-electron chi connectivity index (χ3n) is 3.42. The molecule has 1 amide bonds. The number of nitrogens with one attached hydrogen (secondary N) is 2. The van der Waals surface area contributed by atoms with Crippen molar-refractivity contribution in [1.29, 1.82) is 0 Å². The Labute approximate surface area is 110 Å². The number of hydrogen-bond donors (Lipinski definition) is 2. The third kappa shape index (κ3) is 2.00. The average molecular weight is 260 g/mol. The summed E-state index contributed by atoms with van der Waals surface area (Å²) < 4.78 is 0. The van der Waals surface area contributed by atoms with Gasteiger partial charge in [-0.25, -0.2) is 9.97 Å². The number of carbonyl (C=O) groups excluding carboxylic acids is 1. The van der Waals surface area contributed by atoms with Gasteiger partial charge in [-0.15, -0.1) is 0 Å². The first kappa shape index (κ1) is 11.9. The van der Waals surface area contributed by atoms with Crippen molar-refractivity contribution >= 4 is 22.8 Å². The summed E-state index contributed by atoms with van der Waals surface area (Å²) in [6, 6.07) is 0.0223. The molecule has 1 fully saturated rings. The van der Waals surface area contributed by atoms with E-state index in [2.05, 4.69) is 25.5 Å². The minimum Gasteiger partial charge on any atom is -0.358 e. The van der Waals surface area contributed by atoms with E-state index in [0.29, 0.717) is 11.5 Å². The van der Waals surface area contributed by atoms with Crippen LogP contribution in [0.15, 0.2) is 12.5 Å². The van der Waals surface area contributed by atoms with Crippen LogP contribution in [0.4, 0.5) is 5.82 Å². The van der Waals surface area contributed by atoms with E-state index >= 15 is 0 Å². The molecule has 0 unspecified atom stereocenters. The van der Waals surface area contributed by atoms with Crippen LogP contribution in [-0.2, 0) is 4.79 Å². The topological polar surface area (TPSA) is 86.8 Å². The van der Waals surface area contributed by atoms with Gasteiger partial charge in [-0.05, 0) is 20.3 Å². The van der Waals surface area contributed by atoms with Gasteiger partial charge in [-0.3, -0.25) is 9.89 Å². The normalized spacial score (nSPS) is 19.6. The highest BCUT2D eigenvalue weighted by Crippen LogP contribution is 2.21. The van der Waals surface area contributed by atoms with Crippen molar-refractivity contribution in [2.75, 3.05) is 11.9 Å². The highest BCUT2D eigenvalue weighted by Gasteiger charge is 2.33. The lowest BCUT2D eigenvalue weighted by atomic mass is 10.2. The van der Waals surface area contributed by atoms with E-state index in [-0.39, 0.29) is 18.0 Å². The molecule has 100 valence electrons. The molecule has 0 radical (unpaired) electrons. The number of fused-ring (bicyclic) bond motifs is 1. The molecule has 0 aromatic carbocycles. The van der Waals surface area contributed by atoms with Crippen molar-refractivity contribution in [3.63, 3.8) is 0 Å². The molecule has 19 heavy (non-hydrogen) atoms. The van der Waals surface area contributed by atoms with Gasteiger partial charge in [0.05, 0.1) is 11.6 Å². The fraction of sp³-hybridized carbons (Fsp3) is 0.500. The summed E-state index contributed by atoms with van der Waals surface area (Å²) in [7, 11) is 0. The molecule has 0 saturated carbocycles. The van der Waals surface area contributed by atoms with Crippen LogP contribution in [0, 0.1) is 0 Å². The lowest BCUT2D eigenvalue weighted by molar-refractivity contribution is -0.129. The largest absolute Gasteiger partial charge is 0.358 e. The Bertz CT molecular complexity index is 607. The first-order valence-corrected chi connectivity index (χ1v) is 6.38. The molecule has 0 bridgehead atoms. The summed E-state index contributed by atoms with van der Waals surface area (Å²) >= 11 is 0.